The molecular weight excluding hydrogens is 468 g/mol. The first-order chi connectivity index (χ1) is 18.1. The number of carbonyl (C=O) groups is 1. The van der Waals surface area contributed by atoms with Crippen molar-refractivity contribution in [1.82, 2.24) is 0 Å². The van der Waals surface area contributed by atoms with Gasteiger partial charge in [0.25, 0.3) is 0 Å². The summed E-state index contributed by atoms with van der Waals surface area (Å²) in [6.45, 7) is 4.80. The van der Waals surface area contributed by atoms with Gasteiger partial charge in [0.05, 0.1) is 26.7 Å². The van der Waals surface area contributed by atoms with Crippen molar-refractivity contribution in [1.29, 1.82) is 0 Å². The summed E-state index contributed by atoms with van der Waals surface area (Å²) in [6.07, 6.45) is 3.52. The number of methoxy groups -OCH3 is 1. The molecule has 1 atom stereocenters. The lowest BCUT2D eigenvalue weighted by Crippen LogP contribution is -2.09. The van der Waals surface area contributed by atoms with Crippen LogP contribution in [-0.4, -0.2) is 39.5 Å². The van der Waals surface area contributed by atoms with Crippen molar-refractivity contribution in [2.75, 3.05) is 33.5 Å². The molecule has 0 saturated heterocycles. The number of rotatable bonds is 10. The highest BCUT2D eigenvalue weighted by Crippen LogP contribution is 2.39. The first kappa shape index (κ1) is 25.2. The maximum Gasteiger partial charge on any atom is 0.306 e. The third kappa shape index (κ3) is 5.91. The monoisotopic (exact) mass is 502 g/mol. The van der Waals surface area contributed by atoms with Gasteiger partial charge in [-0.2, -0.15) is 0 Å². The molecule has 2 aliphatic rings. The number of hydrogen-bond acceptors (Lipinski definition) is 6. The number of fused-ring (bicyclic) bond motifs is 4. The van der Waals surface area contributed by atoms with E-state index in [2.05, 4.69) is 36.4 Å². The zero-order chi connectivity index (χ0) is 25.6. The molecule has 0 fully saturated rings. The molecule has 0 saturated carbocycles. The maximum atomic E-state index is 11.7. The van der Waals surface area contributed by atoms with Crippen LogP contribution in [0.15, 0.2) is 54.6 Å². The van der Waals surface area contributed by atoms with E-state index in [0.717, 1.165) is 47.6 Å². The second-order valence-electron chi connectivity index (χ2n) is 9.49. The maximum absolute atomic E-state index is 11.7. The molecule has 1 aliphatic heterocycles. The van der Waals surface area contributed by atoms with Gasteiger partial charge in [-0.15, -0.1) is 0 Å². The van der Waals surface area contributed by atoms with Crippen molar-refractivity contribution in [2.24, 2.45) is 0 Å². The molecule has 3 aromatic rings. The average molecular weight is 503 g/mol. The fourth-order valence-electron chi connectivity index (χ4n) is 5.11. The fourth-order valence-corrected chi connectivity index (χ4v) is 5.11. The summed E-state index contributed by atoms with van der Waals surface area (Å²) in [5.74, 6) is 2.23. The van der Waals surface area contributed by atoms with Gasteiger partial charge >= 0.3 is 5.97 Å². The van der Waals surface area contributed by atoms with Gasteiger partial charge in [-0.25, -0.2) is 0 Å². The topological polar surface area (TPSA) is 63.2 Å². The van der Waals surface area contributed by atoms with Crippen LogP contribution in [0.2, 0.25) is 0 Å². The average Bonchev–Trinajstić information content (AvgIpc) is 3.22. The summed E-state index contributed by atoms with van der Waals surface area (Å²) in [5.41, 5.74) is 7.39. The van der Waals surface area contributed by atoms with E-state index < -0.39 is 0 Å². The van der Waals surface area contributed by atoms with Crippen molar-refractivity contribution in [3.05, 3.63) is 76.9 Å². The number of hydrogen-bond donors (Lipinski definition) is 0. The Balaban J connectivity index is 1.28. The molecule has 0 bridgehead atoms. The van der Waals surface area contributed by atoms with E-state index in [0.29, 0.717) is 39.5 Å². The molecule has 0 amide bonds. The minimum atomic E-state index is -0.225. The van der Waals surface area contributed by atoms with Gasteiger partial charge in [0.2, 0.25) is 0 Å². The summed E-state index contributed by atoms with van der Waals surface area (Å²) in [7, 11) is 1.41. The van der Waals surface area contributed by atoms with Crippen LogP contribution in [0.5, 0.6) is 17.2 Å². The number of aryl methyl sites for hydroxylation is 2. The smallest absolute Gasteiger partial charge is 0.306 e. The normalized spacial score (nSPS) is 15.6. The minimum Gasteiger partial charge on any atom is -0.492 e. The van der Waals surface area contributed by atoms with Gasteiger partial charge in [-0.1, -0.05) is 24.3 Å². The Morgan fingerprint density at radius 3 is 2.62 bits per heavy atom. The Bertz CT molecular complexity index is 1250. The van der Waals surface area contributed by atoms with Crippen molar-refractivity contribution in [3.8, 4) is 28.4 Å². The molecule has 194 valence electrons. The SMILES string of the molecule is CCOCCOc1ccc2c(c1)CCCc1ccc(COc3ccc4c(c3)OC[C@H]4CC(=O)OC)cc1-2. The minimum absolute atomic E-state index is 0.0248. The highest BCUT2D eigenvalue weighted by Gasteiger charge is 2.27. The second-order valence-corrected chi connectivity index (χ2v) is 9.49. The van der Waals surface area contributed by atoms with Crippen molar-refractivity contribution >= 4 is 5.97 Å². The molecule has 0 spiro atoms. The molecule has 6 heteroatoms. The molecule has 0 unspecified atom stereocenters. The van der Waals surface area contributed by atoms with Crippen LogP contribution in [-0.2, 0) is 33.7 Å². The molecule has 0 N–H and O–H groups in total. The van der Waals surface area contributed by atoms with Crippen molar-refractivity contribution in [2.45, 2.75) is 45.1 Å². The zero-order valence-electron chi connectivity index (χ0n) is 21.6. The van der Waals surface area contributed by atoms with E-state index >= 15 is 0 Å². The van der Waals surface area contributed by atoms with Crippen LogP contribution in [0.1, 0.15) is 47.9 Å². The van der Waals surface area contributed by atoms with Gasteiger partial charge in [-0.3, -0.25) is 4.79 Å². The molecule has 0 radical (unpaired) electrons. The van der Waals surface area contributed by atoms with E-state index in [1.807, 2.05) is 25.1 Å². The largest absolute Gasteiger partial charge is 0.492 e. The Hall–Kier alpha value is -3.51. The van der Waals surface area contributed by atoms with E-state index in [-0.39, 0.29) is 11.9 Å². The summed E-state index contributed by atoms with van der Waals surface area (Å²) in [6, 6.07) is 18.9. The predicted molar refractivity (Wildman–Crippen MR) is 142 cm³/mol. The summed E-state index contributed by atoms with van der Waals surface area (Å²) in [5, 5.41) is 0. The first-order valence-corrected chi connectivity index (χ1v) is 13.1. The first-order valence-electron chi connectivity index (χ1n) is 13.1. The molecule has 5 rings (SSSR count). The Morgan fingerprint density at radius 2 is 1.76 bits per heavy atom. The summed E-state index contributed by atoms with van der Waals surface area (Å²) < 4.78 is 28.1. The lowest BCUT2D eigenvalue weighted by atomic mass is 9.95. The van der Waals surface area contributed by atoms with Crippen LogP contribution in [0.4, 0.5) is 0 Å². The van der Waals surface area contributed by atoms with Crippen LogP contribution in [0, 0.1) is 0 Å². The fraction of sp³-hybridized carbons (Fsp3) is 0.387. The van der Waals surface area contributed by atoms with Crippen LogP contribution in [0.3, 0.4) is 0 Å². The highest BCUT2D eigenvalue weighted by molar-refractivity contribution is 5.73. The number of esters is 1. The Morgan fingerprint density at radius 1 is 0.919 bits per heavy atom. The van der Waals surface area contributed by atoms with Crippen LogP contribution < -0.4 is 14.2 Å². The Labute approximate surface area is 218 Å². The van der Waals surface area contributed by atoms with E-state index in [1.165, 1.54) is 29.4 Å². The zero-order valence-corrected chi connectivity index (χ0v) is 21.6. The molecule has 1 aliphatic carbocycles. The van der Waals surface area contributed by atoms with Gasteiger partial charge in [0.15, 0.2) is 0 Å². The molecular formula is C31H34O6. The third-order valence-electron chi connectivity index (χ3n) is 7.05. The van der Waals surface area contributed by atoms with E-state index in [4.69, 9.17) is 23.7 Å². The van der Waals surface area contributed by atoms with Crippen molar-refractivity contribution in [3.63, 3.8) is 0 Å². The Kier molecular flexibility index (Phi) is 7.95. The highest BCUT2D eigenvalue weighted by atomic mass is 16.5. The number of carbonyl (C=O) groups excluding carboxylic acids is 1. The number of ether oxygens (including phenoxy) is 5. The van der Waals surface area contributed by atoms with Crippen LogP contribution in [0.25, 0.3) is 11.1 Å². The second kappa shape index (κ2) is 11.7. The van der Waals surface area contributed by atoms with Crippen molar-refractivity contribution < 1.29 is 28.5 Å². The van der Waals surface area contributed by atoms with Gasteiger partial charge in [-0.05, 0) is 78.3 Å². The predicted octanol–water partition coefficient (Wildman–Crippen LogP) is 5.88. The van der Waals surface area contributed by atoms with E-state index in [9.17, 15) is 4.79 Å². The van der Waals surface area contributed by atoms with E-state index in [1.54, 1.807) is 0 Å². The molecule has 0 aromatic heterocycles. The summed E-state index contributed by atoms with van der Waals surface area (Å²) >= 11 is 0. The lowest BCUT2D eigenvalue weighted by Gasteiger charge is -2.14. The molecule has 3 aromatic carbocycles. The quantitative estimate of drug-likeness (QED) is 0.255. The van der Waals surface area contributed by atoms with Crippen LogP contribution >= 0.6 is 0 Å². The summed E-state index contributed by atoms with van der Waals surface area (Å²) in [4.78, 5) is 11.7. The lowest BCUT2D eigenvalue weighted by molar-refractivity contribution is -0.141. The van der Waals surface area contributed by atoms with Gasteiger partial charge in [0.1, 0.15) is 30.5 Å². The molecule has 6 nitrogen and oxygen atoms in total. The molecule has 1 heterocycles. The van der Waals surface area contributed by atoms with Gasteiger partial charge in [0, 0.05) is 24.2 Å². The number of benzene rings is 3. The third-order valence-corrected chi connectivity index (χ3v) is 7.05. The molecule has 37 heavy (non-hydrogen) atoms. The standard InChI is InChI=1S/C31H34O6/c1-3-34-13-14-35-25-9-11-27-23(16-25)6-4-5-22-8-7-21(15-29(22)27)19-36-26-10-12-28-24(17-31(32)33-2)20-37-30(28)18-26/h7-12,15-16,18,24H,3-6,13-14,17,19-20H2,1-2H3/t24-/m1/s1. The van der Waals surface area contributed by atoms with Gasteiger partial charge < -0.3 is 23.7 Å².